The van der Waals surface area contributed by atoms with Gasteiger partial charge in [0.05, 0.1) is 5.69 Å². The minimum Gasteiger partial charge on any atom is -0.300 e. The zero-order valence-corrected chi connectivity index (χ0v) is 9.06. The number of aromatic nitrogens is 2. The minimum atomic E-state index is 0.803. The molecule has 72 valence electrons. The molecule has 14 heavy (non-hydrogen) atoms. The lowest BCUT2D eigenvalue weighted by Gasteiger charge is -2.07. The number of nitrogens with zero attached hydrogens (tertiary/aromatic N) is 1. The van der Waals surface area contributed by atoms with Gasteiger partial charge in [-0.15, -0.1) is 0 Å². The van der Waals surface area contributed by atoms with E-state index in [9.17, 15) is 0 Å². The summed E-state index contributed by atoms with van der Waals surface area (Å²) in [5, 5.41) is 3.09. The zero-order valence-electron chi connectivity index (χ0n) is 8.24. The van der Waals surface area contributed by atoms with Gasteiger partial charge < -0.3 is 5.10 Å². The van der Waals surface area contributed by atoms with Gasteiger partial charge in [-0.1, -0.05) is 29.9 Å². The first-order valence-corrected chi connectivity index (χ1v) is 4.93. The summed E-state index contributed by atoms with van der Waals surface area (Å²) in [5.74, 6) is 0. The van der Waals surface area contributed by atoms with Crippen LogP contribution in [0.1, 0.15) is 11.1 Å². The van der Waals surface area contributed by atoms with Crippen molar-refractivity contribution < 1.29 is 0 Å². The molecule has 0 fully saturated rings. The van der Waals surface area contributed by atoms with Gasteiger partial charge >= 0.3 is 0 Å². The molecule has 0 amide bonds. The third-order valence-electron chi connectivity index (χ3n) is 2.24. The maximum absolute atomic E-state index is 5.19. The van der Waals surface area contributed by atoms with E-state index >= 15 is 0 Å². The SMILES string of the molecule is Cc1ccc(-n2[nH]ccc2=S)c(C)c1. The van der Waals surface area contributed by atoms with Gasteiger partial charge in [-0.3, -0.25) is 0 Å². The Balaban J connectivity index is 2.63. The van der Waals surface area contributed by atoms with E-state index in [0.717, 1.165) is 10.3 Å². The summed E-state index contributed by atoms with van der Waals surface area (Å²) >= 11 is 5.19. The van der Waals surface area contributed by atoms with E-state index in [1.807, 2.05) is 16.9 Å². The Bertz CT molecular complexity index is 508. The summed E-state index contributed by atoms with van der Waals surface area (Å²) in [5.41, 5.74) is 3.61. The van der Waals surface area contributed by atoms with E-state index in [1.165, 1.54) is 11.1 Å². The van der Waals surface area contributed by atoms with Crippen molar-refractivity contribution in [3.8, 4) is 5.69 Å². The second-order valence-electron chi connectivity index (χ2n) is 3.43. The van der Waals surface area contributed by atoms with Gasteiger partial charge in [-0.05, 0) is 31.5 Å². The lowest BCUT2D eigenvalue weighted by Crippen LogP contribution is -1.98. The second-order valence-corrected chi connectivity index (χ2v) is 3.84. The van der Waals surface area contributed by atoms with Crippen LogP contribution in [0.3, 0.4) is 0 Å². The highest BCUT2D eigenvalue weighted by Crippen LogP contribution is 2.14. The number of hydrogen-bond donors (Lipinski definition) is 1. The largest absolute Gasteiger partial charge is 0.300 e. The van der Waals surface area contributed by atoms with Gasteiger partial charge in [0.25, 0.3) is 0 Å². The van der Waals surface area contributed by atoms with E-state index in [-0.39, 0.29) is 0 Å². The van der Waals surface area contributed by atoms with Gasteiger partial charge in [-0.2, -0.15) is 0 Å². The highest BCUT2D eigenvalue weighted by Gasteiger charge is 2.01. The van der Waals surface area contributed by atoms with Crippen molar-refractivity contribution in [3.05, 3.63) is 46.2 Å². The van der Waals surface area contributed by atoms with Crippen molar-refractivity contribution >= 4 is 12.2 Å². The van der Waals surface area contributed by atoms with Crippen molar-refractivity contribution in [2.75, 3.05) is 0 Å². The number of rotatable bonds is 1. The molecule has 0 spiro atoms. The Labute approximate surface area is 88.2 Å². The number of benzene rings is 1. The van der Waals surface area contributed by atoms with Crippen LogP contribution >= 0.6 is 12.2 Å². The summed E-state index contributed by atoms with van der Waals surface area (Å²) in [4.78, 5) is 0. The van der Waals surface area contributed by atoms with E-state index in [0.29, 0.717) is 0 Å². The molecule has 3 heteroatoms. The predicted molar refractivity (Wildman–Crippen MR) is 60.4 cm³/mol. The van der Waals surface area contributed by atoms with Crippen LogP contribution in [0.5, 0.6) is 0 Å². The van der Waals surface area contributed by atoms with Crippen LogP contribution in [0.25, 0.3) is 5.69 Å². The van der Waals surface area contributed by atoms with Crippen LogP contribution in [0.4, 0.5) is 0 Å². The molecule has 1 aromatic heterocycles. The lowest BCUT2D eigenvalue weighted by molar-refractivity contribution is 0.861. The average molecular weight is 204 g/mol. The monoisotopic (exact) mass is 204 g/mol. The van der Waals surface area contributed by atoms with Crippen LogP contribution in [0, 0.1) is 18.5 Å². The number of aryl methyl sites for hydroxylation is 2. The summed E-state index contributed by atoms with van der Waals surface area (Å²) in [6.07, 6.45) is 1.85. The van der Waals surface area contributed by atoms with E-state index in [1.54, 1.807) is 0 Å². The molecule has 2 nitrogen and oxygen atoms in total. The van der Waals surface area contributed by atoms with Gasteiger partial charge in [0.1, 0.15) is 4.64 Å². The highest BCUT2D eigenvalue weighted by atomic mass is 32.1. The molecule has 0 aliphatic heterocycles. The van der Waals surface area contributed by atoms with Crippen molar-refractivity contribution in [2.45, 2.75) is 13.8 Å². The first-order chi connectivity index (χ1) is 6.68. The summed E-state index contributed by atoms with van der Waals surface area (Å²) in [6, 6.07) is 8.20. The molecule has 0 aliphatic rings. The summed E-state index contributed by atoms with van der Waals surface area (Å²) in [6.45, 7) is 4.18. The molecule has 2 rings (SSSR count). The minimum absolute atomic E-state index is 0.803. The van der Waals surface area contributed by atoms with Crippen molar-refractivity contribution in [1.29, 1.82) is 0 Å². The number of nitrogens with one attached hydrogen (secondary N) is 1. The molecule has 1 N–H and O–H groups in total. The molecule has 0 radical (unpaired) electrons. The average Bonchev–Trinajstić information content (AvgIpc) is 2.52. The van der Waals surface area contributed by atoms with Crippen molar-refractivity contribution in [1.82, 2.24) is 9.78 Å². The normalized spacial score (nSPS) is 10.4. The van der Waals surface area contributed by atoms with Crippen LogP contribution in [-0.2, 0) is 0 Å². The number of hydrogen-bond acceptors (Lipinski definition) is 1. The van der Waals surface area contributed by atoms with Crippen LogP contribution < -0.4 is 0 Å². The first kappa shape index (κ1) is 9.21. The molecule has 0 unspecified atom stereocenters. The molecule has 0 bridgehead atoms. The zero-order chi connectivity index (χ0) is 10.1. The van der Waals surface area contributed by atoms with Crippen LogP contribution in [0.2, 0.25) is 0 Å². The predicted octanol–water partition coefficient (Wildman–Crippen LogP) is 3.15. The third-order valence-corrected chi connectivity index (χ3v) is 2.56. The molecule has 0 saturated heterocycles. The maximum Gasteiger partial charge on any atom is 0.127 e. The molecular weight excluding hydrogens is 192 g/mol. The Morgan fingerprint density at radius 1 is 1.21 bits per heavy atom. The van der Waals surface area contributed by atoms with Gasteiger partial charge in [0.15, 0.2) is 0 Å². The highest BCUT2D eigenvalue weighted by molar-refractivity contribution is 7.71. The molecule has 0 saturated carbocycles. The topological polar surface area (TPSA) is 20.7 Å². The first-order valence-electron chi connectivity index (χ1n) is 4.52. The fourth-order valence-corrected chi connectivity index (χ4v) is 1.78. The Hall–Kier alpha value is -1.35. The fourth-order valence-electron chi connectivity index (χ4n) is 1.57. The van der Waals surface area contributed by atoms with E-state index in [2.05, 4.69) is 37.1 Å². The van der Waals surface area contributed by atoms with Crippen LogP contribution in [-0.4, -0.2) is 9.78 Å². The lowest BCUT2D eigenvalue weighted by atomic mass is 10.1. The van der Waals surface area contributed by atoms with Gasteiger partial charge in [-0.25, -0.2) is 4.68 Å². The third kappa shape index (κ3) is 1.51. The maximum atomic E-state index is 5.19. The van der Waals surface area contributed by atoms with Crippen molar-refractivity contribution in [3.63, 3.8) is 0 Å². The summed E-state index contributed by atoms with van der Waals surface area (Å²) in [7, 11) is 0. The quantitative estimate of drug-likeness (QED) is 0.708. The smallest absolute Gasteiger partial charge is 0.127 e. The fraction of sp³-hybridized carbons (Fsp3) is 0.182. The second kappa shape index (κ2) is 3.42. The molecule has 1 heterocycles. The number of aromatic amines is 1. The molecular formula is C11H12N2S. The Kier molecular flexibility index (Phi) is 2.25. The van der Waals surface area contributed by atoms with E-state index < -0.39 is 0 Å². The summed E-state index contributed by atoms with van der Waals surface area (Å²) < 4.78 is 2.71. The molecule has 2 aromatic rings. The Morgan fingerprint density at radius 3 is 2.57 bits per heavy atom. The van der Waals surface area contributed by atoms with E-state index in [4.69, 9.17) is 12.2 Å². The van der Waals surface area contributed by atoms with Gasteiger partial charge in [0, 0.05) is 6.20 Å². The Morgan fingerprint density at radius 2 is 2.00 bits per heavy atom. The molecule has 0 atom stereocenters. The molecule has 0 aliphatic carbocycles. The standard InChI is InChI=1S/C11H12N2S/c1-8-3-4-10(9(2)7-8)13-11(14)5-6-12-13/h3-7,12H,1-2H3. The van der Waals surface area contributed by atoms with Gasteiger partial charge in [0.2, 0.25) is 0 Å². The van der Waals surface area contributed by atoms with Crippen LogP contribution in [0.15, 0.2) is 30.5 Å². The number of H-pyrrole nitrogens is 1. The molecule has 1 aromatic carbocycles. The van der Waals surface area contributed by atoms with Crippen molar-refractivity contribution in [2.24, 2.45) is 0 Å².